The normalized spacial score (nSPS) is 14.2. The smallest absolute Gasteiger partial charge is 0.417 e. The lowest BCUT2D eigenvalue weighted by Crippen LogP contribution is -2.50. The number of benzene rings is 3. The molecule has 0 saturated heterocycles. The van der Waals surface area contributed by atoms with Crippen LogP contribution in [0.5, 0.6) is 11.5 Å². The average molecular weight is 690 g/mol. The number of guanidine groups is 1. The van der Waals surface area contributed by atoms with Crippen molar-refractivity contribution in [3.8, 4) is 11.5 Å². The molecular formula is C36H43N5O9. The summed E-state index contributed by atoms with van der Waals surface area (Å²) < 4.78 is 22.6. The van der Waals surface area contributed by atoms with E-state index in [0.29, 0.717) is 23.6 Å². The molecule has 0 bridgehead atoms. The van der Waals surface area contributed by atoms with Crippen LogP contribution in [0.1, 0.15) is 59.1 Å². The fourth-order valence-electron chi connectivity index (χ4n) is 4.88. The molecule has 50 heavy (non-hydrogen) atoms. The van der Waals surface area contributed by atoms with Crippen LogP contribution in [-0.2, 0) is 27.2 Å². The van der Waals surface area contributed by atoms with Gasteiger partial charge in [-0.15, -0.1) is 0 Å². The predicted molar refractivity (Wildman–Crippen MR) is 185 cm³/mol. The third kappa shape index (κ3) is 10.7. The van der Waals surface area contributed by atoms with Crippen LogP contribution >= 0.6 is 0 Å². The third-order valence-electron chi connectivity index (χ3n) is 7.15. The number of carbonyl (C=O) groups is 3. The highest BCUT2D eigenvalue weighted by Crippen LogP contribution is 2.35. The van der Waals surface area contributed by atoms with Crippen LogP contribution < -0.4 is 19.7 Å². The molecule has 1 heterocycles. The lowest BCUT2D eigenvalue weighted by atomic mass is 10.1. The molecule has 0 fully saturated rings. The zero-order chi connectivity index (χ0) is 36.6. The fraction of sp³-hybridized carbons (Fsp3) is 0.389. The van der Waals surface area contributed by atoms with E-state index in [1.54, 1.807) is 82.8 Å². The van der Waals surface area contributed by atoms with Crippen LogP contribution in [-0.4, -0.2) is 64.3 Å². The summed E-state index contributed by atoms with van der Waals surface area (Å²) in [6, 6.07) is 20.5. The summed E-state index contributed by atoms with van der Waals surface area (Å²) in [5, 5.41) is 21.7. The quantitative estimate of drug-likeness (QED) is 0.103. The number of nitro groups is 1. The Morgan fingerprint density at radius 3 is 2.18 bits per heavy atom. The predicted octanol–water partition coefficient (Wildman–Crippen LogP) is 6.60. The number of nitro benzene ring substituents is 1. The summed E-state index contributed by atoms with van der Waals surface area (Å²) in [6.07, 6.45) is -1.84. The van der Waals surface area contributed by atoms with Crippen molar-refractivity contribution in [1.82, 2.24) is 10.2 Å². The van der Waals surface area contributed by atoms with Crippen LogP contribution in [0.3, 0.4) is 0 Å². The highest BCUT2D eigenvalue weighted by atomic mass is 16.6. The van der Waals surface area contributed by atoms with Gasteiger partial charge in [-0.05, 0) is 83.4 Å². The monoisotopic (exact) mass is 689 g/mol. The van der Waals surface area contributed by atoms with Crippen molar-refractivity contribution < 1.29 is 38.3 Å². The van der Waals surface area contributed by atoms with Crippen LogP contribution in [0, 0.1) is 15.5 Å². The van der Waals surface area contributed by atoms with E-state index in [2.05, 4.69) is 5.32 Å². The Bertz CT molecular complexity index is 1700. The SMILES string of the molecule is CC(C)(C)OC(=O)NC(=N)N(CCc1ccc(OCCC2Oc3ccccc3N(Cc3ccc([N+](=O)[O-])cc3)C2=O)cc1)C(=O)OC(C)(C)C. The lowest BCUT2D eigenvalue weighted by Gasteiger charge is -2.34. The number of rotatable bonds is 10. The van der Waals surface area contributed by atoms with Crippen molar-refractivity contribution in [3.63, 3.8) is 0 Å². The first-order valence-corrected chi connectivity index (χ1v) is 16.1. The van der Waals surface area contributed by atoms with Gasteiger partial charge in [-0.2, -0.15) is 0 Å². The second kappa shape index (κ2) is 15.7. The molecule has 266 valence electrons. The Kier molecular flexibility index (Phi) is 11.7. The molecule has 3 aromatic rings. The molecule has 2 N–H and O–H groups in total. The Morgan fingerprint density at radius 2 is 1.56 bits per heavy atom. The minimum atomic E-state index is -0.862. The molecule has 0 saturated carbocycles. The molecule has 14 nitrogen and oxygen atoms in total. The summed E-state index contributed by atoms with van der Waals surface area (Å²) >= 11 is 0. The molecule has 3 aromatic carbocycles. The van der Waals surface area contributed by atoms with Gasteiger partial charge in [0, 0.05) is 25.1 Å². The van der Waals surface area contributed by atoms with Crippen LogP contribution in [0.25, 0.3) is 0 Å². The Balaban J connectivity index is 1.34. The van der Waals surface area contributed by atoms with Gasteiger partial charge in [0.2, 0.25) is 5.96 Å². The molecule has 4 rings (SSSR count). The summed E-state index contributed by atoms with van der Waals surface area (Å²) in [6.45, 7) is 10.6. The van der Waals surface area contributed by atoms with Crippen molar-refractivity contribution in [2.75, 3.05) is 18.1 Å². The number of nitrogens with one attached hydrogen (secondary N) is 2. The summed E-state index contributed by atoms with van der Waals surface area (Å²) in [7, 11) is 0. The Hall–Kier alpha value is -5.66. The zero-order valence-electron chi connectivity index (χ0n) is 29.1. The molecule has 0 radical (unpaired) electrons. The van der Waals surface area contributed by atoms with Gasteiger partial charge in [0.25, 0.3) is 11.6 Å². The fourth-order valence-corrected chi connectivity index (χ4v) is 4.88. The molecule has 0 aliphatic carbocycles. The van der Waals surface area contributed by atoms with Gasteiger partial charge in [0.15, 0.2) is 6.10 Å². The molecule has 0 aromatic heterocycles. The highest BCUT2D eigenvalue weighted by molar-refractivity contribution is 6.00. The lowest BCUT2D eigenvalue weighted by molar-refractivity contribution is -0.384. The number of para-hydroxylation sites is 2. The van der Waals surface area contributed by atoms with Crippen molar-refractivity contribution in [3.05, 3.63) is 94.0 Å². The van der Waals surface area contributed by atoms with Crippen LogP contribution in [0.2, 0.25) is 0 Å². The van der Waals surface area contributed by atoms with Gasteiger partial charge in [-0.3, -0.25) is 25.6 Å². The topological polar surface area (TPSA) is 174 Å². The van der Waals surface area contributed by atoms with Gasteiger partial charge in [0.1, 0.15) is 22.7 Å². The third-order valence-corrected chi connectivity index (χ3v) is 7.15. The molecule has 1 aliphatic heterocycles. The van der Waals surface area contributed by atoms with E-state index >= 15 is 0 Å². The van der Waals surface area contributed by atoms with Gasteiger partial charge in [0.05, 0.1) is 23.8 Å². The minimum Gasteiger partial charge on any atom is -0.493 e. The molecule has 0 spiro atoms. The maximum absolute atomic E-state index is 13.5. The maximum Gasteiger partial charge on any atom is 0.417 e. The number of anilines is 1. The maximum atomic E-state index is 13.5. The number of carbonyl (C=O) groups excluding carboxylic acids is 3. The Morgan fingerprint density at radius 1 is 0.940 bits per heavy atom. The van der Waals surface area contributed by atoms with Gasteiger partial charge < -0.3 is 23.8 Å². The van der Waals surface area contributed by atoms with E-state index in [0.717, 1.165) is 16.0 Å². The number of amides is 3. The standard InChI is InChI=1S/C36H43N5O9/c1-35(2,3)49-33(43)38-32(37)39(34(44)50-36(4,5)6)21-19-24-13-17-27(18-14-24)47-22-20-30-31(42)40(28-9-7-8-10-29(28)48-30)23-25-11-15-26(16-12-25)41(45)46/h7-18,30H,19-23H2,1-6H3,(H2,37,38,43). The second-order valence-electron chi connectivity index (χ2n) is 13.6. The molecule has 14 heteroatoms. The van der Waals surface area contributed by atoms with Crippen molar-refractivity contribution >= 4 is 35.4 Å². The number of hydrogen-bond acceptors (Lipinski definition) is 10. The van der Waals surface area contributed by atoms with Gasteiger partial charge in [-0.1, -0.05) is 36.4 Å². The number of non-ortho nitro benzene ring substituents is 1. The van der Waals surface area contributed by atoms with Crippen LogP contribution in [0.4, 0.5) is 21.0 Å². The summed E-state index contributed by atoms with van der Waals surface area (Å²) in [5.74, 6) is 0.394. The molecule has 1 atom stereocenters. The van der Waals surface area contributed by atoms with Crippen molar-refractivity contribution in [1.29, 1.82) is 5.41 Å². The number of fused-ring (bicyclic) bond motifs is 1. The van der Waals surface area contributed by atoms with Gasteiger partial charge in [-0.25, -0.2) is 14.5 Å². The number of alkyl carbamates (subject to hydrolysis) is 1. The second-order valence-corrected chi connectivity index (χ2v) is 13.6. The van der Waals surface area contributed by atoms with E-state index in [1.807, 2.05) is 24.3 Å². The minimum absolute atomic E-state index is 0.0265. The first-order valence-electron chi connectivity index (χ1n) is 16.1. The molecule has 3 amide bonds. The first-order chi connectivity index (χ1) is 23.5. The number of hydrogen-bond donors (Lipinski definition) is 2. The highest BCUT2D eigenvalue weighted by Gasteiger charge is 2.34. The molecule has 1 unspecified atom stereocenters. The zero-order valence-corrected chi connectivity index (χ0v) is 29.1. The Labute approximate surface area is 290 Å². The van der Waals surface area contributed by atoms with Crippen molar-refractivity contribution in [2.24, 2.45) is 0 Å². The number of nitrogens with zero attached hydrogens (tertiary/aromatic N) is 3. The van der Waals surface area contributed by atoms with E-state index in [1.165, 1.54) is 12.1 Å². The van der Waals surface area contributed by atoms with Crippen molar-refractivity contribution in [2.45, 2.75) is 78.2 Å². The summed E-state index contributed by atoms with van der Waals surface area (Å²) in [4.78, 5) is 51.9. The first kappa shape index (κ1) is 37.2. The van der Waals surface area contributed by atoms with Crippen LogP contribution in [0.15, 0.2) is 72.8 Å². The van der Waals surface area contributed by atoms with Gasteiger partial charge >= 0.3 is 12.2 Å². The van der Waals surface area contributed by atoms with E-state index in [9.17, 15) is 24.5 Å². The van der Waals surface area contributed by atoms with E-state index in [4.69, 9.17) is 24.4 Å². The molecular weight excluding hydrogens is 646 g/mol. The summed E-state index contributed by atoms with van der Waals surface area (Å²) in [5.41, 5.74) is 0.558. The van der Waals surface area contributed by atoms with E-state index in [-0.39, 0.29) is 37.7 Å². The average Bonchev–Trinajstić information content (AvgIpc) is 3.02. The number of ether oxygens (including phenoxy) is 4. The molecule has 1 aliphatic rings. The van der Waals surface area contributed by atoms with E-state index < -0.39 is 40.4 Å². The largest absolute Gasteiger partial charge is 0.493 e.